The third-order valence-corrected chi connectivity index (χ3v) is 2.61. The van der Waals surface area contributed by atoms with E-state index in [1.807, 2.05) is 7.05 Å². The summed E-state index contributed by atoms with van der Waals surface area (Å²) in [4.78, 5) is 0. The van der Waals surface area contributed by atoms with Gasteiger partial charge in [0.25, 0.3) is 0 Å². The van der Waals surface area contributed by atoms with Crippen LogP contribution in [0.25, 0.3) is 0 Å². The van der Waals surface area contributed by atoms with Gasteiger partial charge in [0.2, 0.25) is 0 Å². The molecule has 0 aliphatic rings. The van der Waals surface area contributed by atoms with E-state index in [2.05, 4.69) is 46.4 Å². The first kappa shape index (κ1) is 8.75. The van der Waals surface area contributed by atoms with Crippen molar-refractivity contribution in [3.05, 3.63) is 33.8 Å². The summed E-state index contributed by atoms with van der Waals surface area (Å²) in [6, 6.07) is 6.26. The number of benzene rings is 1. The highest BCUT2D eigenvalue weighted by Gasteiger charge is 1.98. The molecule has 0 unspecified atom stereocenters. The summed E-state index contributed by atoms with van der Waals surface area (Å²) in [5, 5.41) is 3.13. The van der Waals surface area contributed by atoms with E-state index in [4.69, 9.17) is 0 Å². The monoisotopic (exact) mass is 213 g/mol. The first-order chi connectivity index (χ1) is 5.25. The van der Waals surface area contributed by atoms with Gasteiger partial charge in [0, 0.05) is 11.0 Å². The molecular weight excluding hydrogens is 202 g/mol. The topological polar surface area (TPSA) is 12.0 Å². The van der Waals surface area contributed by atoms with Gasteiger partial charge in [-0.15, -0.1) is 0 Å². The van der Waals surface area contributed by atoms with Gasteiger partial charge in [0.15, 0.2) is 0 Å². The predicted octanol–water partition coefficient (Wildman–Crippen LogP) is 2.48. The second-order valence-corrected chi connectivity index (χ2v) is 3.41. The van der Waals surface area contributed by atoms with Crippen molar-refractivity contribution in [3.8, 4) is 0 Å². The lowest BCUT2D eigenvalue weighted by molar-refractivity contribution is 0.811. The molecule has 1 aromatic rings. The van der Waals surface area contributed by atoms with Crippen LogP contribution < -0.4 is 5.32 Å². The van der Waals surface area contributed by atoms with Crippen molar-refractivity contribution >= 4 is 15.9 Å². The van der Waals surface area contributed by atoms with Gasteiger partial charge in [-0.25, -0.2) is 0 Å². The van der Waals surface area contributed by atoms with Crippen LogP contribution in [0.2, 0.25) is 0 Å². The van der Waals surface area contributed by atoms with Crippen LogP contribution in [0.3, 0.4) is 0 Å². The molecule has 0 amide bonds. The van der Waals surface area contributed by atoms with E-state index in [1.54, 1.807) is 0 Å². The molecule has 1 N–H and O–H groups in total. The van der Waals surface area contributed by atoms with Crippen molar-refractivity contribution in [1.29, 1.82) is 0 Å². The standard InChI is InChI=1S/C9H12BrN/c1-7-8(6-11-2)4-3-5-9(7)10/h3-5,11H,6H2,1-2H3. The van der Waals surface area contributed by atoms with E-state index in [1.165, 1.54) is 15.6 Å². The molecule has 11 heavy (non-hydrogen) atoms. The van der Waals surface area contributed by atoms with E-state index in [-0.39, 0.29) is 0 Å². The van der Waals surface area contributed by atoms with Gasteiger partial charge < -0.3 is 5.32 Å². The molecule has 0 aliphatic heterocycles. The smallest absolute Gasteiger partial charge is 0.0207 e. The van der Waals surface area contributed by atoms with E-state index < -0.39 is 0 Å². The zero-order valence-corrected chi connectivity index (χ0v) is 8.40. The number of halogens is 1. The summed E-state index contributed by atoms with van der Waals surface area (Å²) >= 11 is 3.49. The molecule has 0 fully saturated rings. The minimum atomic E-state index is 0.936. The van der Waals surface area contributed by atoms with Crippen molar-refractivity contribution in [2.24, 2.45) is 0 Å². The Bertz CT molecular complexity index is 245. The zero-order chi connectivity index (χ0) is 8.27. The minimum Gasteiger partial charge on any atom is -0.316 e. The fourth-order valence-electron chi connectivity index (χ4n) is 1.03. The van der Waals surface area contributed by atoms with Gasteiger partial charge in [-0.05, 0) is 31.2 Å². The Kier molecular flexibility index (Phi) is 3.09. The fraction of sp³-hybridized carbons (Fsp3) is 0.333. The average molecular weight is 214 g/mol. The Hall–Kier alpha value is -0.340. The van der Waals surface area contributed by atoms with Crippen molar-refractivity contribution in [2.45, 2.75) is 13.5 Å². The lowest BCUT2D eigenvalue weighted by Crippen LogP contribution is -2.06. The van der Waals surface area contributed by atoms with Gasteiger partial charge in [-0.2, -0.15) is 0 Å². The van der Waals surface area contributed by atoms with Crippen LogP contribution in [0, 0.1) is 6.92 Å². The summed E-state index contributed by atoms with van der Waals surface area (Å²) in [5.41, 5.74) is 2.67. The molecule has 1 nitrogen and oxygen atoms in total. The highest BCUT2D eigenvalue weighted by atomic mass is 79.9. The highest BCUT2D eigenvalue weighted by Crippen LogP contribution is 2.18. The normalized spacial score (nSPS) is 10.1. The quantitative estimate of drug-likeness (QED) is 0.797. The first-order valence-electron chi connectivity index (χ1n) is 3.64. The Morgan fingerprint density at radius 1 is 1.45 bits per heavy atom. The number of hydrogen-bond acceptors (Lipinski definition) is 1. The molecule has 0 atom stereocenters. The van der Waals surface area contributed by atoms with Crippen molar-refractivity contribution in [2.75, 3.05) is 7.05 Å². The third kappa shape index (κ3) is 2.04. The molecule has 0 saturated carbocycles. The Balaban J connectivity index is 2.96. The Labute approximate surface area is 75.9 Å². The second-order valence-electron chi connectivity index (χ2n) is 2.55. The molecule has 1 rings (SSSR count). The van der Waals surface area contributed by atoms with Crippen LogP contribution in [-0.4, -0.2) is 7.05 Å². The average Bonchev–Trinajstić information content (AvgIpc) is 1.99. The zero-order valence-electron chi connectivity index (χ0n) is 6.82. The number of hydrogen-bond donors (Lipinski definition) is 1. The number of nitrogens with one attached hydrogen (secondary N) is 1. The molecule has 1 aromatic carbocycles. The van der Waals surface area contributed by atoms with E-state index in [0.717, 1.165) is 6.54 Å². The summed E-state index contributed by atoms with van der Waals surface area (Å²) in [6.07, 6.45) is 0. The molecule has 0 aromatic heterocycles. The van der Waals surface area contributed by atoms with Crippen LogP contribution in [0.4, 0.5) is 0 Å². The molecule has 0 bridgehead atoms. The third-order valence-electron chi connectivity index (χ3n) is 1.75. The molecule has 0 aliphatic carbocycles. The highest BCUT2D eigenvalue weighted by molar-refractivity contribution is 9.10. The summed E-state index contributed by atoms with van der Waals surface area (Å²) in [5.74, 6) is 0. The van der Waals surface area contributed by atoms with Gasteiger partial charge in [-0.1, -0.05) is 28.1 Å². The van der Waals surface area contributed by atoms with Gasteiger partial charge in [0.05, 0.1) is 0 Å². The maximum Gasteiger partial charge on any atom is 0.0207 e. The minimum absolute atomic E-state index is 0.936. The first-order valence-corrected chi connectivity index (χ1v) is 4.43. The fourth-order valence-corrected chi connectivity index (χ4v) is 1.44. The molecule has 0 radical (unpaired) electrons. The van der Waals surface area contributed by atoms with Crippen LogP contribution in [-0.2, 0) is 6.54 Å². The van der Waals surface area contributed by atoms with Crippen LogP contribution in [0.15, 0.2) is 22.7 Å². The maximum absolute atomic E-state index is 3.49. The molecule has 0 saturated heterocycles. The number of rotatable bonds is 2. The Morgan fingerprint density at radius 2 is 2.18 bits per heavy atom. The van der Waals surface area contributed by atoms with Crippen LogP contribution in [0.1, 0.15) is 11.1 Å². The van der Waals surface area contributed by atoms with Crippen molar-refractivity contribution in [3.63, 3.8) is 0 Å². The predicted molar refractivity (Wildman–Crippen MR) is 51.6 cm³/mol. The molecule has 60 valence electrons. The summed E-state index contributed by atoms with van der Waals surface area (Å²) in [7, 11) is 1.96. The van der Waals surface area contributed by atoms with Crippen molar-refractivity contribution in [1.82, 2.24) is 5.32 Å². The molecule has 2 heteroatoms. The van der Waals surface area contributed by atoms with E-state index in [0.29, 0.717) is 0 Å². The lowest BCUT2D eigenvalue weighted by atomic mass is 10.1. The molecular formula is C9H12BrN. The lowest BCUT2D eigenvalue weighted by Gasteiger charge is -2.05. The van der Waals surface area contributed by atoms with Crippen LogP contribution >= 0.6 is 15.9 Å². The summed E-state index contributed by atoms with van der Waals surface area (Å²) < 4.78 is 1.19. The second kappa shape index (κ2) is 3.88. The molecule has 0 spiro atoms. The van der Waals surface area contributed by atoms with Gasteiger partial charge in [-0.3, -0.25) is 0 Å². The van der Waals surface area contributed by atoms with E-state index in [9.17, 15) is 0 Å². The largest absolute Gasteiger partial charge is 0.316 e. The Morgan fingerprint density at radius 3 is 2.82 bits per heavy atom. The van der Waals surface area contributed by atoms with Gasteiger partial charge in [0.1, 0.15) is 0 Å². The van der Waals surface area contributed by atoms with Crippen LogP contribution in [0.5, 0.6) is 0 Å². The maximum atomic E-state index is 3.49. The van der Waals surface area contributed by atoms with E-state index >= 15 is 0 Å². The SMILES string of the molecule is CNCc1cccc(Br)c1C. The van der Waals surface area contributed by atoms with Gasteiger partial charge >= 0.3 is 0 Å². The van der Waals surface area contributed by atoms with Crippen molar-refractivity contribution < 1.29 is 0 Å². The molecule has 0 heterocycles. The summed E-state index contributed by atoms with van der Waals surface area (Å²) in [6.45, 7) is 3.06.